The molecule has 0 aliphatic carbocycles. The molecule has 6 heteroatoms. The molecule has 0 bridgehead atoms. The van der Waals surface area contributed by atoms with Crippen molar-refractivity contribution in [3.8, 4) is 0 Å². The fourth-order valence-electron chi connectivity index (χ4n) is 10.1. The fourth-order valence-corrected chi connectivity index (χ4v) is 10.1. The Morgan fingerprint density at radius 3 is 0.803 bits per heavy atom. The summed E-state index contributed by atoms with van der Waals surface area (Å²) in [4.78, 5) is 38.3. The van der Waals surface area contributed by atoms with Gasteiger partial charge in [0.25, 0.3) is 0 Å². The van der Waals surface area contributed by atoms with Gasteiger partial charge in [-0.05, 0) is 57.8 Å². The highest BCUT2D eigenvalue weighted by atomic mass is 16.6. The minimum Gasteiger partial charge on any atom is -0.462 e. The second-order valence-electron chi connectivity index (χ2n) is 22.7. The third-order valence-corrected chi connectivity index (χ3v) is 15.1. The number of allylic oxidation sites excluding steroid dienone is 8. The first-order valence-corrected chi connectivity index (χ1v) is 33.6. The molecule has 0 saturated carbocycles. The van der Waals surface area contributed by atoms with E-state index in [1.807, 2.05) is 0 Å². The van der Waals surface area contributed by atoms with Crippen LogP contribution < -0.4 is 0 Å². The third-order valence-electron chi connectivity index (χ3n) is 15.1. The van der Waals surface area contributed by atoms with Crippen molar-refractivity contribution in [2.45, 2.75) is 367 Å². The first kappa shape index (κ1) is 73.4. The van der Waals surface area contributed by atoms with Crippen molar-refractivity contribution in [1.29, 1.82) is 0 Å². The molecule has 0 heterocycles. The van der Waals surface area contributed by atoms with E-state index in [2.05, 4.69) is 69.4 Å². The Morgan fingerprint density at radius 1 is 0.276 bits per heavy atom. The summed E-state index contributed by atoms with van der Waals surface area (Å²) in [7, 11) is 0. The van der Waals surface area contributed by atoms with E-state index in [-0.39, 0.29) is 31.1 Å². The van der Waals surface area contributed by atoms with Crippen LogP contribution in [0.5, 0.6) is 0 Å². The van der Waals surface area contributed by atoms with Crippen LogP contribution in [0.4, 0.5) is 0 Å². The molecule has 0 spiro atoms. The molecule has 0 N–H and O–H groups in total. The maximum absolute atomic E-state index is 12.9. The fraction of sp³-hybridized carbons (Fsp3) is 0.843. The van der Waals surface area contributed by atoms with Gasteiger partial charge >= 0.3 is 17.9 Å². The van der Waals surface area contributed by atoms with Crippen LogP contribution in [0.1, 0.15) is 361 Å². The van der Waals surface area contributed by atoms with Crippen molar-refractivity contribution in [1.82, 2.24) is 0 Å². The molecule has 1 atom stereocenters. The molecule has 76 heavy (non-hydrogen) atoms. The van der Waals surface area contributed by atoms with E-state index < -0.39 is 6.10 Å². The molecule has 0 aliphatic rings. The number of carbonyl (C=O) groups excluding carboxylic acids is 3. The Morgan fingerprint density at radius 2 is 0.513 bits per heavy atom. The molecular weight excluding hydrogens is 937 g/mol. The van der Waals surface area contributed by atoms with Gasteiger partial charge in [0.15, 0.2) is 6.10 Å². The summed E-state index contributed by atoms with van der Waals surface area (Å²) in [5, 5.41) is 0. The molecule has 0 radical (unpaired) electrons. The second kappa shape index (κ2) is 64.9. The zero-order chi connectivity index (χ0) is 55.0. The molecule has 444 valence electrons. The number of esters is 3. The van der Waals surface area contributed by atoms with Crippen LogP contribution in [-0.2, 0) is 28.6 Å². The van der Waals surface area contributed by atoms with Crippen LogP contribution in [0, 0.1) is 0 Å². The minimum atomic E-state index is -0.772. The number of unbranched alkanes of at least 4 members (excludes halogenated alkanes) is 43. The Hall–Kier alpha value is -2.63. The molecule has 0 amide bonds. The number of hydrogen-bond acceptors (Lipinski definition) is 6. The lowest BCUT2D eigenvalue weighted by atomic mass is 10.0. The molecule has 0 aliphatic heterocycles. The van der Waals surface area contributed by atoms with Crippen LogP contribution in [0.25, 0.3) is 0 Å². The van der Waals surface area contributed by atoms with Crippen molar-refractivity contribution in [2.75, 3.05) is 13.2 Å². The predicted octanol–water partition coefficient (Wildman–Crippen LogP) is 22.9. The van der Waals surface area contributed by atoms with E-state index in [1.165, 1.54) is 238 Å². The molecule has 0 fully saturated rings. The maximum atomic E-state index is 12.9. The lowest BCUT2D eigenvalue weighted by molar-refractivity contribution is -0.167. The molecule has 0 aromatic heterocycles. The van der Waals surface area contributed by atoms with Gasteiger partial charge in [0.2, 0.25) is 0 Å². The van der Waals surface area contributed by atoms with Crippen LogP contribution in [-0.4, -0.2) is 37.2 Å². The first-order chi connectivity index (χ1) is 37.5. The summed E-state index contributed by atoms with van der Waals surface area (Å²) < 4.78 is 16.9. The molecule has 0 aromatic carbocycles. The van der Waals surface area contributed by atoms with Crippen LogP contribution in [0.15, 0.2) is 48.6 Å². The van der Waals surface area contributed by atoms with Gasteiger partial charge in [-0.15, -0.1) is 0 Å². The monoisotopic (exact) mass is 1060 g/mol. The summed E-state index contributed by atoms with van der Waals surface area (Å²) in [5.41, 5.74) is 0. The van der Waals surface area contributed by atoms with Gasteiger partial charge in [0.05, 0.1) is 0 Å². The van der Waals surface area contributed by atoms with E-state index in [9.17, 15) is 14.4 Å². The highest BCUT2D eigenvalue weighted by Gasteiger charge is 2.19. The molecule has 0 aromatic rings. The second-order valence-corrected chi connectivity index (χ2v) is 22.7. The normalized spacial score (nSPS) is 12.3. The zero-order valence-corrected chi connectivity index (χ0v) is 51.0. The van der Waals surface area contributed by atoms with Gasteiger partial charge in [-0.1, -0.05) is 333 Å². The Bertz CT molecular complexity index is 1310. The summed E-state index contributed by atoms with van der Waals surface area (Å²) in [6.45, 7) is 6.57. The van der Waals surface area contributed by atoms with E-state index in [0.717, 1.165) is 83.5 Å². The smallest absolute Gasteiger partial charge is 0.306 e. The minimum absolute atomic E-state index is 0.0695. The first-order valence-electron chi connectivity index (χ1n) is 33.6. The van der Waals surface area contributed by atoms with Gasteiger partial charge in [0.1, 0.15) is 13.2 Å². The average Bonchev–Trinajstić information content (AvgIpc) is 3.42. The SMILES string of the molecule is CC/C=C\C/C=C\C/C=C\C/C=C\CCCCCCCCCCCCC(=O)OC(COC(=O)CCCCCCCCCCCC)COC(=O)CCCCCCCCCCCCCCCCCCCCCCCCCCC. The van der Waals surface area contributed by atoms with Crippen molar-refractivity contribution in [2.24, 2.45) is 0 Å². The Balaban J connectivity index is 4.18. The van der Waals surface area contributed by atoms with Crippen molar-refractivity contribution in [3.05, 3.63) is 48.6 Å². The average molecular weight is 1070 g/mol. The summed E-state index contributed by atoms with van der Waals surface area (Å²) in [6, 6.07) is 0. The third kappa shape index (κ3) is 62.2. The van der Waals surface area contributed by atoms with E-state index in [0.29, 0.717) is 19.3 Å². The topological polar surface area (TPSA) is 78.9 Å². The van der Waals surface area contributed by atoms with Crippen LogP contribution >= 0.6 is 0 Å². The predicted molar refractivity (Wildman–Crippen MR) is 330 cm³/mol. The molecule has 1 unspecified atom stereocenters. The van der Waals surface area contributed by atoms with Crippen molar-refractivity contribution >= 4 is 17.9 Å². The Kier molecular flexibility index (Phi) is 62.6. The van der Waals surface area contributed by atoms with Gasteiger partial charge in [-0.3, -0.25) is 14.4 Å². The maximum Gasteiger partial charge on any atom is 0.306 e. The standard InChI is InChI=1S/C70H128O6/c1-4-7-10-13-16-19-22-24-26-28-30-32-34-35-37-38-40-42-44-46-48-51-54-57-60-63-69(72)75-66-67(65-74-68(71)62-59-56-53-50-21-18-15-12-9-6-3)76-70(73)64-61-58-55-52-49-47-45-43-41-39-36-33-31-29-27-25-23-20-17-14-11-8-5-2/h8,11,17,20,25,27,31,33,67H,4-7,9-10,12-16,18-19,21-24,26,28-30,32,34-66H2,1-3H3/b11-8-,20-17-,27-25-,33-31-. The molecular formula is C70H128O6. The highest BCUT2D eigenvalue weighted by Crippen LogP contribution is 2.18. The van der Waals surface area contributed by atoms with Crippen LogP contribution in [0.2, 0.25) is 0 Å². The van der Waals surface area contributed by atoms with E-state index in [1.54, 1.807) is 0 Å². The zero-order valence-electron chi connectivity index (χ0n) is 51.0. The van der Waals surface area contributed by atoms with Crippen LogP contribution in [0.3, 0.4) is 0 Å². The largest absolute Gasteiger partial charge is 0.462 e. The molecule has 6 nitrogen and oxygen atoms in total. The van der Waals surface area contributed by atoms with Gasteiger partial charge in [0, 0.05) is 19.3 Å². The van der Waals surface area contributed by atoms with E-state index in [4.69, 9.17) is 14.2 Å². The lowest BCUT2D eigenvalue weighted by Crippen LogP contribution is -2.30. The quantitative estimate of drug-likeness (QED) is 0.0261. The van der Waals surface area contributed by atoms with E-state index >= 15 is 0 Å². The Labute approximate surface area is 473 Å². The van der Waals surface area contributed by atoms with Crippen molar-refractivity contribution < 1.29 is 28.6 Å². The van der Waals surface area contributed by atoms with Crippen molar-refractivity contribution in [3.63, 3.8) is 0 Å². The molecule has 0 saturated heterocycles. The lowest BCUT2D eigenvalue weighted by Gasteiger charge is -2.18. The highest BCUT2D eigenvalue weighted by molar-refractivity contribution is 5.71. The number of rotatable bonds is 62. The number of carbonyl (C=O) groups is 3. The summed E-state index contributed by atoms with van der Waals surface area (Å²) in [6.07, 6.45) is 81.4. The van der Waals surface area contributed by atoms with Gasteiger partial charge < -0.3 is 14.2 Å². The summed E-state index contributed by atoms with van der Waals surface area (Å²) in [5.74, 6) is -0.852. The van der Waals surface area contributed by atoms with Gasteiger partial charge in [-0.2, -0.15) is 0 Å². The van der Waals surface area contributed by atoms with Gasteiger partial charge in [-0.25, -0.2) is 0 Å². The number of ether oxygens (including phenoxy) is 3. The summed E-state index contributed by atoms with van der Waals surface area (Å²) >= 11 is 0. The number of hydrogen-bond donors (Lipinski definition) is 0. The molecule has 0 rings (SSSR count).